The lowest BCUT2D eigenvalue weighted by Crippen LogP contribution is -2.58. The summed E-state index contributed by atoms with van der Waals surface area (Å²) in [6.45, 7) is 9.87. The Kier molecular flexibility index (Phi) is 8.09. The highest BCUT2D eigenvalue weighted by molar-refractivity contribution is 6.35. The number of likely N-dealkylation sites (N-methyl/N-ethyl adjacent to an activating group) is 1. The Morgan fingerprint density at radius 1 is 1.17 bits per heavy atom. The topological polar surface area (TPSA) is 71.0 Å². The number of fused-ring (bicyclic) bond motifs is 2. The van der Waals surface area contributed by atoms with E-state index in [1.54, 1.807) is 4.90 Å². The highest BCUT2D eigenvalue weighted by Gasteiger charge is 2.37. The lowest BCUT2D eigenvalue weighted by molar-refractivity contribution is -0.131. The molecule has 8 nitrogen and oxygen atoms in total. The molecule has 2 saturated heterocycles. The zero-order valence-corrected chi connectivity index (χ0v) is 25.1. The molecule has 0 spiro atoms. The predicted molar refractivity (Wildman–Crippen MR) is 162 cm³/mol. The number of nitrogens with zero attached hydrogens (tertiary/aromatic N) is 5. The van der Waals surface area contributed by atoms with Gasteiger partial charge in [-0.2, -0.15) is 9.97 Å². The molecule has 0 N–H and O–H groups in total. The van der Waals surface area contributed by atoms with Crippen LogP contribution in [0.15, 0.2) is 48.8 Å². The molecule has 4 heterocycles. The minimum Gasteiger partial charge on any atom is -0.462 e. The summed E-state index contributed by atoms with van der Waals surface area (Å²) in [6.07, 6.45) is 2.53. The molecule has 10 heteroatoms. The third kappa shape index (κ3) is 5.45. The lowest BCUT2D eigenvalue weighted by Gasteiger charge is -2.45. The lowest BCUT2D eigenvalue weighted by atomic mass is 9.94. The van der Waals surface area contributed by atoms with Crippen molar-refractivity contribution in [2.24, 2.45) is 0 Å². The number of benzene rings is 2. The minimum atomic E-state index is -0.942. The number of piperazine rings is 1. The molecule has 2 fully saturated rings. The van der Waals surface area contributed by atoms with E-state index in [4.69, 9.17) is 31.0 Å². The van der Waals surface area contributed by atoms with Gasteiger partial charge in [-0.05, 0) is 57.3 Å². The van der Waals surface area contributed by atoms with Crippen molar-refractivity contribution in [2.45, 2.75) is 63.9 Å². The van der Waals surface area contributed by atoms with E-state index in [0.717, 1.165) is 52.8 Å². The summed E-state index contributed by atoms with van der Waals surface area (Å²) in [5.41, 5.74) is 2.82. The van der Waals surface area contributed by atoms with Crippen LogP contribution in [0.25, 0.3) is 10.8 Å². The molecule has 2 aromatic carbocycles. The van der Waals surface area contributed by atoms with E-state index in [2.05, 4.69) is 41.6 Å². The van der Waals surface area contributed by atoms with Crippen LogP contribution >= 0.6 is 11.6 Å². The molecule has 3 aliphatic heterocycles. The molecule has 4 atom stereocenters. The first-order valence-corrected chi connectivity index (χ1v) is 15.0. The highest BCUT2D eigenvalue weighted by atomic mass is 35.5. The fourth-order valence-corrected chi connectivity index (χ4v) is 6.84. The van der Waals surface area contributed by atoms with E-state index in [9.17, 15) is 9.18 Å². The molecule has 0 radical (unpaired) electrons. The van der Waals surface area contributed by atoms with Crippen molar-refractivity contribution in [1.29, 1.82) is 0 Å². The van der Waals surface area contributed by atoms with Gasteiger partial charge in [-0.1, -0.05) is 48.5 Å². The van der Waals surface area contributed by atoms with Crippen molar-refractivity contribution in [3.8, 4) is 6.01 Å². The second-order valence-corrected chi connectivity index (χ2v) is 12.2. The number of hydrogen-bond acceptors (Lipinski definition) is 7. The van der Waals surface area contributed by atoms with E-state index in [-0.39, 0.29) is 18.2 Å². The molecule has 1 aromatic heterocycles. The van der Waals surface area contributed by atoms with Gasteiger partial charge in [0, 0.05) is 53.6 Å². The van der Waals surface area contributed by atoms with E-state index in [1.807, 2.05) is 32.0 Å². The zero-order chi connectivity index (χ0) is 29.5. The van der Waals surface area contributed by atoms with Gasteiger partial charge in [0.15, 0.2) is 5.83 Å². The average molecular weight is 594 g/mol. The van der Waals surface area contributed by atoms with Crippen LogP contribution in [0.3, 0.4) is 0 Å². The summed E-state index contributed by atoms with van der Waals surface area (Å²) in [4.78, 5) is 28.3. The second-order valence-electron chi connectivity index (χ2n) is 11.7. The van der Waals surface area contributed by atoms with Crippen LogP contribution in [-0.2, 0) is 22.6 Å². The number of aromatic nitrogens is 2. The Labute approximate surface area is 251 Å². The largest absolute Gasteiger partial charge is 0.462 e. The molecule has 42 heavy (non-hydrogen) atoms. The van der Waals surface area contributed by atoms with Gasteiger partial charge >= 0.3 is 6.01 Å². The van der Waals surface area contributed by atoms with Gasteiger partial charge in [-0.25, -0.2) is 4.39 Å². The van der Waals surface area contributed by atoms with E-state index < -0.39 is 11.7 Å². The number of likely N-dealkylation sites (tertiary alicyclic amines) is 1. The van der Waals surface area contributed by atoms with Crippen molar-refractivity contribution < 1.29 is 18.7 Å². The van der Waals surface area contributed by atoms with Gasteiger partial charge < -0.3 is 24.2 Å². The molecule has 3 aromatic rings. The Hall–Kier alpha value is -3.27. The number of ether oxygens (including phenoxy) is 2. The van der Waals surface area contributed by atoms with Crippen LogP contribution in [0.2, 0.25) is 5.02 Å². The van der Waals surface area contributed by atoms with Gasteiger partial charge in [0.1, 0.15) is 12.4 Å². The molecule has 3 aliphatic rings. The SMILES string of the molecule is C=C(F)C(=O)N1C[C@H](C)N(c2nc(OC[C@@H]3CCCN3C)nc3c2COC(c2cccc4cccc(Cl)c24)C3)C[C@H]1C. The van der Waals surface area contributed by atoms with Crippen LogP contribution in [0.5, 0.6) is 6.01 Å². The number of amides is 1. The number of rotatable bonds is 6. The first-order valence-electron chi connectivity index (χ1n) is 14.6. The Bertz CT molecular complexity index is 1510. The third-order valence-corrected chi connectivity index (χ3v) is 9.23. The van der Waals surface area contributed by atoms with Crippen LogP contribution < -0.4 is 9.64 Å². The number of carbonyl (C=O) groups is 1. The minimum absolute atomic E-state index is 0.119. The number of carbonyl (C=O) groups excluding carboxylic acids is 1. The van der Waals surface area contributed by atoms with Crippen molar-refractivity contribution in [3.05, 3.63) is 70.6 Å². The van der Waals surface area contributed by atoms with Crippen molar-refractivity contribution in [2.75, 3.05) is 38.2 Å². The van der Waals surface area contributed by atoms with Crippen molar-refractivity contribution >= 4 is 34.1 Å². The second kappa shape index (κ2) is 11.8. The van der Waals surface area contributed by atoms with Crippen LogP contribution in [0, 0.1) is 0 Å². The predicted octanol–water partition coefficient (Wildman–Crippen LogP) is 5.48. The maximum atomic E-state index is 13.8. The smallest absolute Gasteiger partial charge is 0.318 e. The summed E-state index contributed by atoms with van der Waals surface area (Å²) in [6, 6.07) is 12.4. The van der Waals surface area contributed by atoms with Crippen LogP contribution in [0.4, 0.5) is 10.2 Å². The molecule has 0 aliphatic carbocycles. The number of anilines is 1. The zero-order valence-electron chi connectivity index (χ0n) is 24.4. The van der Waals surface area contributed by atoms with Gasteiger partial charge in [-0.15, -0.1) is 0 Å². The monoisotopic (exact) mass is 593 g/mol. The maximum Gasteiger partial charge on any atom is 0.318 e. The first-order chi connectivity index (χ1) is 20.2. The maximum absolute atomic E-state index is 13.8. The summed E-state index contributed by atoms with van der Waals surface area (Å²) >= 11 is 6.66. The summed E-state index contributed by atoms with van der Waals surface area (Å²) < 4.78 is 26.5. The van der Waals surface area contributed by atoms with Gasteiger partial charge in [-0.3, -0.25) is 4.79 Å². The molecule has 1 amide bonds. The fourth-order valence-electron chi connectivity index (χ4n) is 6.54. The van der Waals surface area contributed by atoms with Crippen LogP contribution in [0.1, 0.15) is 49.6 Å². The molecular weight excluding hydrogens is 557 g/mol. The summed E-state index contributed by atoms with van der Waals surface area (Å²) in [5.74, 6) is -0.861. The fraction of sp³-hybridized carbons (Fsp3) is 0.469. The average Bonchev–Trinajstić information content (AvgIpc) is 3.40. The Morgan fingerprint density at radius 3 is 2.69 bits per heavy atom. The number of hydrogen-bond donors (Lipinski definition) is 0. The van der Waals surface area contributed by atoms with E-state index in [0.29, 0.717) is 49.8 Å². The quantitative estimate of drug-likeness (QED) is 0.351. The molecular formula is C32H37ClFN5O3. The van der Waals surface area contributed by atoms with Crippen LogP contribution in [-0.4, -0.2) is 77.1 Å². The highest BCUT2D eigenvalue weighted by Crippen LogP contribution is 2.40. The van der Waals surface area contributed by atoms with Crippen molar-refractivity contribution in [3.63, 3.8) is 0 Å². The van der Waals surface area contributed by atoms with Crippen molar-refractivity contribution in [1.82, 2.24) is 19.8 Å². The molecule has 6 rings (SSSR count). The van der Waals surface area contributed by atoms with Gasteiger partial charge in [0.25, 0.3) is 5.91 Å². The molecule has 1 unspecified atom stereocenters. The molecule has 0 saturated carbocycles. The summed E-state index contributed by atoms with van der Waals surface area (Å²) in [5, 5.41) is 2.74. The van der Waals surface area contributed by atoms with Gasteiger partial charge in [0.2, 0.25) is 0 Å². The standard InChI is InChI=1S/C32H37ClFN5O3/c1-19-16-39(31(40)21(3)34)20(2)15-38(19)30-25-18-41-28(24-11-5-8-22-9-6-12-26(33)29(22)24)14-27(25)35-32(36-30)42-17-23-10-7-13-37(23)4/h5-6,8-9,11-12,19-20,23,28H,3,7,10,13-18H2,1-2,4H3/t19-,20+,23-,28?/m0/s1. The molecule has 0 bridgehead atoms. The van der Waals surface area contributed by atoms with E-state index >= 15 is 0 Å². The normalized spacial score (nSPS) is 24.6. The van der Waals surface area contributed by atoms with E-state index in [1.165, 1.54) is 0 Å². The summed E-state index contributed by atoms with van der Waals surface area (Å²) in [7, 11) is 2.12. The Morgan fingerprint density at radius 2 is 1.95 bits per heavy atom. The van der Waals surface area contributed by atoms with Gasteiger partial charge in [0.05, 0.1) is 18.4 Å². The number of halogens is 2. The first kappa shape index (κ1) is 28.8. The molecule has 222 valence electrons. The third-order valence-electron chi connectivity index (χ3n) is 8.92. The Balaban J connectivity index is 1.35.